The summed E-state index contributed by atoms with van der Waals surface area (Å²) in [6, 6.07) is 41.9. The minimum absolute atomic E-state index is 1.00. The molecule has 0 heterocycles. The Hall–Kier alpha value is -3.08. The molecule has 0 aliphatic heterocycles. The van der Waals surface area contributed by atoms with E-state index in [9.17, 15) is 0 Å². The Morgan fingerprint density at radius 1 is 0.636 bits per heavy atom. The third-order valence-corrected chi connectivity index (χ3v) is 9.60. The van der Waals surface area contributed by atoms with E-state index in [-0.39, 0.29) is 0 Å². The van der Waals surface area contributed by atoms with Crippen molar-refractivity contribution in [2.75, 3.05) is 0 Å². The molecule has 4 nitrogen and oxygen atoms in total. The molecule has 2 N–H and O–H groups in total. The van der Waals surface area contributed by atoms with E-state index >= 15 is 0 Å². The van der Waals surface area contributed by atoms with E-state index in [1.54, 1.807) is 0 Å². The van der Waals surface area contributed by atoms with Crippen LogP contribution < -0.4 is 15.9 Å². The van der Waals surface area contributed by atoms with E-state index in [1.165, 1.54) is 21.5 Å². The van der Waals surface area contributed by atoms with Crippen molar-refractivity contribution in [3.8, 4) is 0 Å². The Morgan fingerprint density at radius 2 is 0.970 bits per heavy atom. The second-order valence-electron chi connectivity index (χ2n) is 7.37. The van der Waals surface area contributed by atoms with Crippen LogP contribution in [0.4, 0.5) is 0 Å². The van der Waals surface area contributed by atoms with Crippen molar-refractivity contribution in [3.05, 3.63) is 133 Å². The average Bonchev–Trinajstić information content (AvgIpc) is 2.83. The monoisotopic (exact) mass is 477 g/mol. The summed E-state index contributed by atoms with van der Waals surface area (Å²) in [7, 11) is -6.49. The zero-order valence-corrected chi connectivity index (χ0v) is 19.7. The van der Waals surface area contributed by atoms with Gasteiger partial charge in [-0.25, -0.2) is 0 Å². The molecule has 4 aromatic rings. The van der Waals surface area contributed by atoms with Gasteiger partial charge in [-0.3, -0.25) is 9.11 Å². The van der Waals surface area contributed by atoms with Gasteiger partial charge in [-0.15, -0.1) is 0 Å². The summed E-state index contributed by atoms with van der Waals surface area (Å²) in [5, 5.41) is 4.25. The molecular formula is C27H26O4PS+. The molecule has 4 rings (SSSR count). The van der Waals surface area contributed by atoms with Crippen LogP contribution in [0.15, 0.2) is 122 Å². The molecule has 0 saturated heterocycles. The van der Waals surface area contributed by atoms with Crippen LogP contribution in [0.2, 0.25) is 0 Å². The quantitative estimate of drug-likeness (QED) is 0.297. The van der Waals surface area contributed by atoms with Crippen LogP contribution in [0, 0.1) is 0 Å². The molecule has 0 unspecified atom stereocenters. The van der Waals surface area contributed by atoms with Crippen LogP contribution in [-0.2, 0) is 16.6 Å². The first-order valence-electron chi connectivity index (χ1n) is 10.3. The Morgan fingerprint density at radius 3 is 1.27 bits per heavy atom. The van der Waals surface area contributed by atoms with E-state index in [0.717, 1.165) is 11.7 Å². The molecule has 0 bridgehead atoms. The summed E-state index contributed by atoms with van der Waals surface area (Å²) in [5.41, 5.74) is 2.52. The first-order valence-corrected chi connectivity index (χ1v) is 13.7. The normalized spacial score (nSPS) is 11.2. The summed E-state index contributed by atoms with van der Waals surface area (Å²) >= 11 is 0. The van der Waals surface area contributed by atoms with Crippen LogP contribution in [0.1, 0.15) is 11.1 Å². The average molecular weight is 478 g/mol. The Labute approximate surface area is 196 Å². The Balaban J connectivity index is 0.000000555. The fraction of sp³-hybridized carbons (Fsp3) is 0.0370. The highest BCUT2D eigenvalue weighted by atomic mass is 32.3. The van der Waals surface area contributed by atoms with Crippen molar-refractivity contribution < 1.29 is 17.5 Å². The van der Waals surface area contributed by atoms with E-state index < -0.39 is 17.7 Å². The highest BCUT2D eigenvalue weighted by Crippen LogP contribution is 2.58. The highest BCUT2D eigenvalue weighted by Gasteiger charge is 2.45. The molecule has 0 aromatic heterocycles. The lowest BCUT2D eigenvalue weighted by molar-refractivity contribution is 0.381. The van der Waals surface area contributed by atoms with Gasteiger partial charge in [-0.2, -0.15) is 8.42 Å². The SMILES string of the molecule is C=Cc1ccc(C[P+](c2ccccc2)(c2ccccc2)c2ccccc2)cc1.O=S(=O)(O)O. The maximum Gasteiger partial charge on any atom is 0.394 e. The number of hydrogen-bond donors (Lipinski definition) is 2. The van der Waals surface area contributed by atoms with Crippen molar-refractivity contribution in [3.63, 3.8) is 0 Å². The second-order valence-corrected chi connectivity index (χ2v) is 11.7. The Kier molecular flexibility index (Phi) is 8.32. The molecule has 0 spiro atoms. The number of hydrogen-bond acceptors (Lipinski definition) is 2. The summed E-state index contributed by atoms with van der Waals surface area (Å²) in [5.74, 6) is 0. The van der Waals surface area contributed by atoms with Gasteiger partial charge in [0.25, 0.3) is 0 Å². The fourth-order valence-electron chi connectivity index (χ4n) is 3.80. The van der Waals surface area contributed by atoms with Gasteiger partial charge in [0.15, 0.2) is 0 Å². The molecule has 0 atom stereocenters. The maximum absolute atomic E-state index is 8.74. The van der Waals surface area contributed by atoms with Gasteiger partial charge in [0.2, 0.25) is 0 Å². The lowest BCUT2D eigenvalue weighted by Gasteiger charge is -2.27. The first kappa shape index (κ1) is 24.6. The van der Waals surface area contributed by atoms with Gasteiger partial charge in [0, 0.05) is 0 Å². The van der Waals surface area contributed by atoms with Crippen molar-refractivity contribution >= 4 is 39.7 Å². The molecule has 6 heteroatoms. The molecule has 0 fully saturated rings. The van der Waals surface area contributed by atoms with Gasteiger partial charge in [-0.1, -0.05) is 91.5 Å². The summed E-state index contributed by atoms with van der Waals surface area (Å²) in [6.07, 6.45) is 2.90. The van der Waals surface area contributed by atoms with Crippen LogP contribution in [0.5, 0.6) is 0 Å². The summed E-state index contributed by atoms with van der Waals surface area (Å²) in [4.78, 5) is 0. The van der Waals surface area contributed by atoms with Crippen LogP contribution in [0.25, 0.3) is 6.08 Å². The third-order valence-electron chi connectivity index (χ3n) is 5.23. The minimum Gasteiger partial charge on any atom is -0.264 e. The third kappa shape index (κ3) is 6.70. The second kappa shape index (κ2) is 11.2. The zero-order valence-electron chi connectivity index (χ0n) is 18.0. The van der Waals surface area contributed by atoms with Crippen molar-refractivity contribution in [1.29, 1.82) is 0 Å². The molecule has 168 valence electrons. The number of rotatable bonds is 6. The zero-order chi connectivity index (χ0) is 23.7. The maximum atomic E-state index is 8.74. The summed E-state index contributed by atoms with van der Waals surface area (Å²) in [6.45, 7) is 3.88. The standard InChI is InChI=1S/C27H24P.H2O4S/c1-2-23-18-20-24(21-19-23)22-28(25-12-6-3-7-13-25,26-14-8-4-9-15-26)27-16-10-5-11-17-27;1-5(2,3)4/h2-21H,1,22H2;(H2,1,2,3,4)/q+1;. The van der Waals surface area contributed by atoms with Crippen molar-refractivity contribution in [1.82, 2.24) is 0 Å². The predicted octanol–water partition coefficient (Wildman–Crippen LogP) is 5.17. The van der Waals surface area contributed by atoms with Gasteiger partial charge >= 0.3 is 10.4 Å². The number of benzene rings is 4. The Bertz CT molecular complexity index is 1150. The minimum atomic E-state index is -4.67. The molecule has 0 aliphatic rings. The predicted molar refractivity (Wildman–Crippen MR) is 140 cm³/mol. The van der Waals surface area contributed by atoms with Gasteiger partial charge in [-0.05, 0) is 47.5 Å². The lowest BCUT2D eigenvalue weighted by Crippen LogP contribution is -2.32. The van der Waals surface area contributed by atoms with E-state index in [0.29, 0.717) is 0 Å². The van der Waals surface area contributed by atoms with Gasteiger partial charge in [0.1, 0.15) is 23.2 Å². The molecule has 4 aromatic carbocycles. The molecule has 33 heavy (non-hydrogen) atoms. The molecular weight excluding hydrogens is 451 g/mol. The van der Waals surface area contributed by atoms with E-state index in [4.69, 9.17) is 17.5 Å². The largest absolute Gasteiger partial charge is 0.394 e. The van der Waals surface area contributed by atoms with Crippen LogP contribution in [-0.4, -0.2) is 17.5 Å². The van der Waals surface area contributed by atoms with Crippen molar-refractivity contribution in [2.45, 2.75) is 6.16 Å². The van der Waals surface area contributed by atoms with E-state index in [2.05, 4.69) is 122 Å². The fourth-order valence-corrected chi connectivity index (χ4v) is 8.05. The highest BCUT2D eigenvalue weighted by molar-refractivity contribution is 7.95. The molecule has 0 saturated carbocycles. The van der Waals surface area contributed by atoms with Gasteiger partial charge in [0.05, 0.1) is 6.16 Å². The smallest absolute Gasteiger partial charge is 0.264 e. The molecule has 0 radical (unpaired) electrons. The molecule has 0 amide bonds. The van der Waals surface area contributed by atoms with Crippen molar-refractivity contribution in [2.24, 2.45) is 0 Å². The lowest BCUT2D eigenvalue weighted by atomic mass is 10.1. The van der Waals surface area contributed by atoms with Crippen LogP contribution >= 0.6 is 7.26 Å². The van der Waals surface area contributed by atoms with Gasteiger partial charge < -0.3 is 0 Å². The topological polar surface area (TPSA) is 74.6 Å². The van der Waals surface area contributed by atoms with Crippen LogP contribution in [0.3, 0.4) is 0 Å². The molecule has 0 aliphatic carbocycles. The summed E-state index contributed by atoms with van der Waals surface area (Å²) < 4.78 is 31.6. The first-order chi connectivity index (χ1) is 15.8. The van der Waals surface area contributed by atoms with E-state index in [1.807, 2.05) is 6.08 Å².